The Balaban J connectivity index is 1.66. The van der Waals surface area contributed by atoms with Crippen LogP contribution < -0.4 is 0 Å². The molecule has 0 unspecified atom stereocenters. The Morgan fingerprint density at radius 1 is 1.20 bits per heavy atom. The summed E-state index contributed by atoms with van der Waals surface area (Å²) in [4.78, 5) is 29.0. The molecule has 3 heterocycles. The molecule has 0 atom stereocenters. The summed E-state index contributed by atoms with van der Waals surface area (Å²) >= 11 is 6.10. The number of hydrogen-bond acceptors (Lipinski definition) is 3. The first kappa shape index (κ1) is 16.2. The monoisotopic (exact) mass is 359 g/mol. The standard InChI is InChI=1S/C18H18ClN3O3/c19-13-3-4-16-15(10-13)18(24)21(11-14-2-1-5-22(14)16)12-17(23)20-6-8-25-9-7-20/h1-5,10H,6-9,11-12H2. The van der Waals surface area contributed by atoms with Gasteiger partial charge in [-0.3, -0.25) is 9.59 Å². The molecule has 130 valence electrons. The van der Waals surface area contributed by atoms with E-state index in [0.29, 0.717) is 43.4 Å². The summed E-state index contributed by atoms with van der Waals surface area (Å²) in [6.07, 6.45) is 1.92. The summed E-state index contributed by atoms with van der Waals surface area (Å²) in [5, 5.41) is 0.502. The first-order chi connectivity index (χ1) is 12.1. The molecule has 25 heavy (non-hydrogen) atoms. The third-order valence-corrected chi connectivity index (χ3v) is 4.85. The smallest absolute Gasteiger partial charge is 0.256 e. The van der Waals surface area contributed by atoms with E-state index in [1.54, 1.807) is 21.9 Å². The Bertz CT molecular complexity index is 827. The number of ether oxygens (including phenoxy) is 1. The molecule has 6 nitrogen and oxygen atoms in total. The fourth-order valence-electron chi connectivity index (χ4n) is 3.31. The molecule has 2 aliphatic rings. The fraction of sp³-hybridized carbons (Fsp3) is 0.333. The van der Waals surface area contributed by atoms with Gasteiger partial charge in [-0.15, -0.1) is 0 Å². The first-order valence-corrected chi connectivity index (χ1v) is 8.62. The minimum absolute atomic E-state index is 0.0516. The molecule has 4 rings (SSSR count). The molecule has 7 heteroatoms. The maximum atomic E-state index is 13.0. The SMILES string of the molecule is O=C(CN1Cc2cccn2-c2ccc(Cl)cc2C1=O)N1CCOCC1. The summed E-state index contributed by atoms with van der Waals surface area (Å²) in [6, 6.07) is 9.17. The number of aromatic nitrogens is 1. The average molecular weight is 360 g/mol. The van der Waals surface area contributed by atoms with Crippen LogP contribution in [0.15, 0.2) is 36.5 Å². The van der Waals surface area contributed by atoms with Crippen LogP contribution in [0.5, 0.6) is 0 Å². The Labute approximate surface area is 150 Å². The second-order valence-electron chi connectivity index (χ2n) is 6.19. The van der Waals surface area contributed by atoms with Gasteiger partial charge in [-0.2, -0.15) is 0 Å². The number of carbonyl (C=O) groups is 2. The summed E-state index contributed by atoms with van der Waals surface area (Å²) in [7, 11) is 0. The van der Waals surface area contributed by atoms with Crippen LogP contribution in [0.3, 0.4) is 0 Å². The van der Waals surface area contributed by atoms with E-state index in [0.717, 1.165) is 11.4 Å². The van der Waals surface area contributed by atoms with Crippen molar-refractivity contribution in [3.8, 4) is 5.69 Å². The molecule has 0 N–H and O–H groups in total. The quantitative estimate of drug-likeness (QED) is 0.823. The first-order valence-electron chi connectivity index (χ1n) is 8.24. The number of amides is 2. The van der Waals surface area contributed by atoms with E-state index in [-0.39, 0.29) is 18.4 Å². The lowest BCUT2D eigenvalue weighted by Gasteiger charge is -2.29. The Hall–Kier alpha value is -2.31. The zero-order valence-electron chi connectivity index (χ0n) is 13.7. The Morgan fingerprint density at radius 2 is 2.00 bits per heavy atom. The lowest BCUT2D eigenvalue weighted by Crippen LogP contribution is -2.46. The van der Waals surface area contributed by atoms with Crippen molar-refractivity contribution in [2.45, 2.75) is 6.54 Å². The molecule has 2 aliphatic heterocycles. The van der Waals surface area contributed by atoms with Crippen molar-refractivity contribution in [2.24, 2.45) is 0 Å². The van der Waals surface area contributed by atoms with Crippen molar-refractivity contribution < 1.29 is 14.3 Å². The highest BCUT2D eigenvalue weighted by atomic mass is 35.5. The van der Waals surface area contributed by atoms with Crippen LogP contribution in [0, 0.1) is 0 Å². The van der Waals surface area contributed by atoms with E-state index in [1.807, 2.05) is 29.0 Å². The van der Waals surface area contributed by atoms with E-state index in [1.165, 1.54) is 0 Å². The third-order valence-electron chi connectivity index (χ3n) is 4.61. The van der Waals surface area contributed by atoms with Crippen LogP contribution in [-0.2, 0) is 16.1 Å². The number of fused-ring (bicyclic) bond motifs is 3. The minimum Gasteiger partial charge on any atom is -0.378 e. The minimum atomic E-state index is -0.178. The molecule has 0 saturated carbocycles. The van der Waals surface area contributed by atoms with Crippen LogP contribution in [0.1, 0.15) is 16.1 Å². The molecule has 1 fully saturated rings. The van der Waals surface area contributed by atoms with E-state index < -0.39 is 0 Å². The van der Waals surface area contributed by atoms with E-state index in [2.05, 4.69) is 0 Å². The normalized spacial score (nSPS) is 17.1. The van der Waals surface area contributed by atoms with E-state index in [4.69, 9.17) is 16.3 Å². The summed E-state index contributed by atoms with van der Waals surface area (Å²) < 4.78 is 7.26. The van der Waals surface area contributed by atoms with Gasteiger partial charge < -0.3 is 19.1 Å². The maximum Gasteiger partial charge on any atom is 0.256 e. The second-order valence-corrected chi connectivity index (χ2v) is 6.62. The zero-order chi connectivity index (χ0) is 17.4. The molecule has 0 bridgehead atoms. The van der Waals surface area contributed by atoms with Gasteiger partial charge in [-0.05, 0) is 30.3 Å². The van der Waals surface area contributed by atoms with Crippen LogP contribution in [0.2, 0.25) is 5.02 Å². The Kier molecular flexibility index (Phi) is 4.23. The van der Waals surface area contributed by atoms with Crippen molar-refractivity contribution in [3.63, 3.8) is 0 Å². The van der Waals surface area contributed by atoms with Crippen LogP contribution in [0.25, 0.3) is 5.69 Å². The molecule has 0 spiro atoms. The second kappa shape index (κ2) is 6.54. The molecule has 1 aromatic heterocycles. The largest absolute Gasteiger partial charge is 0.378 e. The van der Waals surface area contributed by atoms with Crippen molar-refractivity contribution >= 4 is 23.4 Å². The molecule has 1 saturated heterocycles. The predicted molar refractivity (Wildman–Crippen MR) is 92.9 cm³/mol. The van der Waals surface area contributed by atoms with Crippen LogP contribution in [0.4, 0.5) is 0 Å². The van der Waals surface area contributed by atoms with E-state index >= 15 is 0 Å². The third kappa shape index (κ3) is 3.03. The van der Waals surface area contributed by atoms with Gasteiger partial charge in [0.2, 0.25) is 5.91 Å². The number of nitrogens with zero attached hydrogens (tertiary/aromatic N) is 3. The number of benzene rings is 1. The van der Waals surface area contributed by atoms with Crippen molar-refractivity contribution in [1.29, 1.82) is 0 Å². The van der Waals surface area contributed by atoms with Gasteiger partial charge in [-0.1, -0.05) is 11.6 Å². The van der Waals surface area contributed by atoms with Gasteiger partial charge in [0.15, 0.2) is 0 Å². The number of halogens is 1. The highest BCUT2D eigenvalue weighted by molar-refractivity contribution is 6.31. The number of hydrogen-bond donors (Lipinski definition) is 0. The lowest BCUT2D eigenvalue weighted by molar-refractivity contribution is -0.136. The van der Waals surface area contributed by atoms with Gasteiger partial charge in [-0.25, -0.2) is 0 Å². The molecule has 0 aliphatic carbocycles. The molecular formula is C18H18ClN3O3. The summed E-state index contributed by atoms with van der Waals surface area (Å²) in [5.74, 6) is -0.233. The van der Waals surface area contributed by atoms with Gasteiger partial charge in [0.25, 0.3) is 5.91 Å². The number of carbonyl (C=O) groups excluding carboxylic acids is 2. The number of morpholine rings is 1. The summed E-state index contributed by atoms with van der Waals surface area (Å²) in [6.45, 7) is 2.66. The molecule has 2 aromatic rings. The van der Waals surface area contributed by atoms with Crippen LogP contribution >= 0.6 is 11.6 Å². The van der Waals surface area contributed by atoms with Crippen molar-refractivity contribution in [3.05, 3.63) is 52.8 Å². The van der Waals surface area contributed by atoms with Gasteiger partial charge in [0, 0.05) is 30.0 Å². The van der Waals surface area contributed by atoms with E-state index in [9.17, 15) is 9.59 Å². The molecule has 1 aromatic carbocycles. The van der Waals surface area contributed by atoms with Gasteiger partial charge in [0.05, 0.1) is 31.0 Å². The zero-order valence-corrected chi connectivity index (χ0v) is 14.4. The lowest BCUT2D eigenvalue weighted by atomic mass is 10.1. The molecule has 0 radical (unpaired) electrons. The van der Waals surface area contributed by atoms with Crippen LogP contribution in [-0.4, -0.2) is 59.0 Å². The van der Waals surface area contributed by atoms with Crippen molar-refractivity contribution in [1.82, 2.24) is 14.4 Å². The topological polar surface area (TPSA) is 54.8 Å². The highest BCUT2D eigenvalue weighted by Gasteiger charge is 2.29. The Morgan fingerprint density at radius 3 is 2.80 bits per heavy atom. The maximum absolute atomic E-state index is 13.0. The molecular weight excluding hydrogens is 342 g/mol. The number of rotatable bonds is 2. The van der Waals surface area contributed by atoms with Gasteiger partial charge >= 0.3 is 0 Å². The van der Waals surface area contributed by atoms with Gasteiger partial charge in [0.1, 0.15) is 6.54 Å². The summed E-state index contributed by atoms with van der Waals surface area (Å²) in [5.41, 5.74) is 2.26. The molecule has 2 amide bonds. The average Bonchev–Trinajstić information content (AvgIpc) is 3.05. The highest BCUT2D eigenvalue weighted by Crippen LogP contribution is 2.27. The van der Waals surface area contributed by atoms with Crippen molar-refractivity contribution in [2.75, 3.05) is 32.8 Å². The fourth-order valence-corrected chi connectivity index (χ4v) is 3.48. The predicted octanol–water partition coefficient (Wildman–Crippen LogP) is 1.95.